The first-order valence-electron chi connectivity index (χ1n) is 7.94. The van der Waals surface area contributed by atoms with E-state index in [0.29, 0.717) is 22.5 Å². The highest BCUT2D eigenvalue weighted by Gasteiger charge is 2.16. The van der Waals surface area contributed by atoms with Gasteiger partial charge in [0.05, 0.1) is 24.8 Å². The molecule has 0 radical (unpaired) electrons. The van der Waals surface area contributed by atoms with Gasteiger partial charge in [-0.05, 0) is 38.7 Å². The van der Waals surface area contributed by atoms with E-state index in [1.165, 1.54) is 0 Å². The van der Waals surface area contributed by atoms with Crippen LogP contribution < -0.4 is 11.1 Å². The maximum Gasteiger partial charge on any atom is 0.189 e. The fraction of sp³-hybridized carbons (Fsp3) is 0.412. The van der Waals surface area contributed by atoms with Crippen molar-refractivity contribution in [3.05, 3.63) is 51.8 Å². The highest BCUT2D eigenvalue weighted by molar-refractivity contribution is 14.0. The molecule has 1 aromatic carbocycles. The Morgan fingerprint density at radius 3 is 2.62 bits per heavy atom. The number of guanidine groups is 1. The Bertz CT molecular complexity index is 747. The summed E-state index contributed by atoms with van der Waals surface area (Å²) in [7, 11) is 5.91. The standard InChI is InChI=1S/C17H24Cl2N6.HI/c1-11(14-6-5-13(18)7-15(14)19)23-17(20)21-9-16(24(2)3)12-8-22-25(4)10-12;/h5-8,10-11,16H,9H2,1-4H3,(H3,20,21,23);1H. The number of halogens is 3. The topological polar surface area (TPSA) is 71.5 Å². The molecule has 0 bridgehead atoms. The first kappa shape index (κ1) is 23.0. The monoisotopic (exact) mass is 510 g/mol. The molecule has 2 rings (SSSR count). The van der Waals surface area contributed by atoms with Gasteiger partial charge in [-0.3, -0.25) is 9.67 Å². The Morgan fingerprint density at radius 2 is 2.08 bits per heavy atom. The fourth-order valence-corrected chi connectivity index (χ4v) is 3.13. The number of nitrogens with zero attached hydrogens (tertiary/aromatic N) is 4. The van der Waals surface area contributed by atoms with Crippen LogP contribution in [-0.2, 0) is 7.05 Å². The van der Waals surface area contributed by atoms with E-state index >= 15 is 0 Å². The summed E-state index contributed by atoms with van der Waals surface area (Å²) in [4.78, 5) is 6.57. The van der Waals surface area contributed by atoms with Gasteiger partial charge in [-0.1, -0.05) is 29.3 Å². The fourth-order valence-electron chi connectivity index (χ4n) is 2.56. The van der Waals surface area contributed by atoms with Crippen molar-refractivity contribution in [2.45, 2.75) is 19.0 Å². The molecule has 0 spiro atoms. The second kappa shape index (κ2) is 10.3. The molecule has 0 amide bonds. The molecule has 2 unspecified atom stereocenters. The molecule has 2 aromatic rings. The third-order valence-corrected chi connectivity index (χ3v) is 4.52. The molecular formula is C17H25Cl2IN6. The summed E-state index contributed by atoms with van der Waals surface area (Å²) in [6.45, 7) is 2.50. The summed E-state index contributed by atoms with van der Waals surface area (Å²) in [5, 5.41) is 8.59. The molecule has 26 heavy (non-hydrogen) atoms. The van der Waals surface area contributed by atoms with Gasteiger partial charge in [-0.25, -0.2) is 0 Å². The van der Waals surface area contributed by atoms with Gasteiger partial charge in [-0.15, -0.1) is 24.0 Å². The summed E-state index contributed by atoms with van der Waals surface area (Å²) in [6, 6.07) is 5.43. The number of aromatic nitrogens is 2. The molecule has 0 aliphatic rings. The normalized spacial score (nSPS) is 14.0. The molecule has 0 aliphatic heterocycles. The number of aliphatic imine (C=N–C) groups is 1. The molecule has 0 fully saturated rings. The molecule has 0 saturated heterocycles. The number of likely N-dealkylation sites (N-methyl/N-ethyl adjacent to an activating group) is 1. The van der Waals surface area contributed by atoms with Crippen molar-refractivity contribution < 1.29 is 0 Å². The molecular weight excluding hydrogens is 486 g/mol. The molecule has 1 aromatic heterocycles. The minimum absolute atomic E-state index is 0. The van der Waals surface area contributed by atoms with Gasteiger partial charge in [-0.2, -0.15) is 5.10 Å². The van der Waals surface area contributed by atoms with E-state index < -0.39 is 0 Å². The van der Waals surface area contributed by atoms with Gasteiger partial charge in [0.25, 0.3) is 0 Å². The number of benzene rings is 1. The van der Waals surface area contributed by atoms with E-state index in [4.69, 9.17) is 28.9 Å². The van der Waals surface area contributed by atoms with Crippen LogP contribution in [0.15, 0.2) is 35.6 Å². The average molecular weight is 511 g/mol. The summed E-state index contributed by atoms with van der Waals surface area (Å²) in [5.41, 5.74) is 8.07. The van der Waals surface area contributed by atoms with Crippen LogP contribution in [0.4, 0.5) is 0 Å². The number of aryl methyl sites for hydroxylation is 1. The molecule has 2 atom stereocenters. The third kappa shape index (κ3) is 6.29. The van der Waals surface area contributed by atoms with E-state index in [2.05, 4.69) is 20.3 Å². The first-order valence-corrected chi connectivity index (χ1v) is 8.70. The Kier molecular flexibility index (Phi) is 9.15. The second-order valence-corrected chi connectivity index (χ2v) is 7.03. The van der Waals surface area contributed by atoms with Crippen LogP contribution in [0.3, 0.4) is 0 Å². The van der Waals surface area contributed by atoms with E-state index in [0.717, 1.165) is 11.1 Å². The second-order valence-electron chi connectivity index (χ2n) is 6.18. The van der Waals surface area contributed by atoms with Crippen molar-refractivity contribution in [1.29, 1.82) is 0 Å². The maximum absolute atomic E-state index is 6.24. The van der Waals surface area contributed by atoms with Crippen LogP contribution in [0.1, 0.15) is 30.1 Å². The van der Waals surface area contributed by atoms with Crippen molar-refractivity contribution in [2.24, 2.45) is 17.8 Å². The van der Waals surface area contributed by atoms with E-state index in [9.17, 15) is 0 Å². The van der Waals surface area contributed by atoms with Gasteiger partial charge in [0, 0.05) is 28.9 Å². The highest BCUT2D eigenvalue weighted by Crippen LogP contribution is 2.26. The number of hydrogen-bond acceptors (Lipinski definition) is 3. The average Bonchev–Trinajstić information content (AvgIpc) is 2.93. The van der Waals surface area contributed by atoms with Crippen LogP contribution in [0.25, 0.3) is 0 Å². The summed E-state index contributed by atoms with van der Waals surface area (Å²) in [6.07, 6.45) is 3.83. The van der Waals surface area contributed by atoms with Gasteiger partial charge in [0.2, 0.25) is 0 Å². The first-order chi connectivity index (χ1) is 11.8. The summed E-state index contributed by atoms with van der Waals surface area (Å²) >= 11 is 12.2. The predicted octanol–water partition coefficient (Wildman–Crippen LogP) is 3.61. The van der Waals surface area contributed by atoms with Crippen LogP contribution >= 0.6 is 47.2 Å². The Balaban J connectivity index is 0.00000338. The SMILES string of the molecule is CC(NC(N)=NCC(c1cnn(C)c1)N(C)C)c1ccc(Cl)cc1Cl.I. The lowest BCUT2D eigenvalue weighted by molar-refractivity contribution is 0.306. The molecule has 9 heteroatoms. The van der Waals surface area contributed by atoms with Crippen LogP contribution in [0.2, 0.25) is 10.0 Å². The quantitative estimate of drug-likeness (QED) is 0.354. The molecule has 6 nitrogen and oxygen atoms in total. The highest BCUT2D eigenvalue weighted by atomic mass is 127. The number of hydrogen-bond donors (Lipinski definition) is 2. The zero-order valence-corrected chi connectivity index (χ0v) is 19.1. The Labute approximate surface area is 181 Å². The van der Waals surface area contributed by atoms with Crippen molar-refractivity contribution in [3.63, 3.8) is 0 Å². The summed E-state index contributed by atoms with van der Waals surface area (Å²) in [5.74, 6) is 0.370. The van der Waals surface area contributed by atoms with Crippen LogP contribution in [-0.4, -0.2) is 41.3 Å². The van der Waals surface area contributed by atoms with Crippen molar-refractivity contribution in [1.82, 2.24) is 20.0 Å². The largest absolute Gasteiger partial charge is 0.370 e. The van der Waals surface area contributed by atoms with E-state index in [-0.39, 0.29) is 36.1 Å². The van der Waals surface area contributed by atoms with Crippen LogP contribution in [0.5, 0.6) is 0 Å². The van der Waals surface area contributed by atoms with E-state index in [1.807, 2.05) is 46.5 Å². The van der Waals surface area contributed by atoms with Gasteiger partial charge in [0.1, 0.15) is 0 Å². The van der Waals surface area contributed by atoms with E-state index in [1.54, 1.807) is 16.8 Å². The minimum Gasteiger partial charge on any atom is -0.370 e. The molecule has 0 saturated carbocycles. The lowest BCUT2D eigenvalue weighted by Crippen LogP contribution is -2.35. The zero-order chi connectivity index (χ0) is 18.6. The Morgan fingerprint density at radius 1 is 1.38 bits per heavy atom. The minimum atomic E-state index is -0.0790. The smallest absolute Gasteiger partial charge is 0.189 e. The van der Waals surface area contributed by atoms with Gasteiger partial charge >= 0.3 is 0 Å². The lowest BCUT2D eigenvalue weighted by Gasteiger charge is -2.22. The lowest BCUT2D eigenvalue weighted by atomic mass is 10.1. The zero-order valence-electron chi connectivity index (χ0n) is 15.3. The van der Waals surface area contributed by atoms with Gasteiger partial charge < -0.3 is 16.0 Å². The number of nitrogens with two attached hydrogens (primary N) is 1. The van der Waals surface area contributed by atoms with Crippen molar-refractivity contribution in [3.8, 4) is 0 Å². The number of rotatable bonds is 6. The van der Waals surface area contributed by atoms with Crippen molar-refractivity contribution >= 4 is 53.1 Å². The number of nitrogens with one attached hydrogen (secondary N) is 1. The maximum atomic E-state index is 6.24. The predicted molar refractivity (Wildman–Crippen MR) is 120 cm³/mol. The van der Waals surface area contributed by atoms with Crippen LogP contribution in [0, 0.1) is 0 Å². The summed E-state index contributed by atoms with van der Waals surface area (Å²) < 4.78 is 1.78. The Hall–Kier alpha value is -1.03. The molecule has 0 aliphatic carbocycles. The third-order valence-electron chi connectivity index (χ3n) is 3.96. The molecule has 1 heterocycles. The molecule has 3 N–H and O–H groups in total. The van der Waals surface area contributed by atoms with Crippen molar-refractivity contribution in [2.75, 3.05) is 20.6 Å². The van der Waals surface area contributed by atoms with Gasteiger partial charge in [0.15, 0.2) is 5.96 Å². The molecule has 144 valence electrons.